The lowest BCUT2D eigenvalue weighted by Crippen LogP contribution is -2.48. The Morgan fingerprint density at radius 3 is 2.86 bits per heavy atom. The first-order valence-corrected chi connectivity index (χ1v) is 9.46. The van der Waals surface area contributed by atoms with Gasteiger partial charge >= 0.3 is 0 Å². The third kappa shape index (κ3) is 3.19. The monoisotopic (exact) mass is 328 g/mol. The predicted molar refractivity (Wildman–Crippen MR) is 82.5 cm³/mol. The van der Waals surface area contributed by atoms with Crippen molar-refractivity contribution in [2.45, 2.75) is 51.3 Å². The smallest absolute Gasteiger partial charge is 0.279 e. The highest BCUT2D eigenvalue weighted by Gasteiger charge is 2.36. The van der Waals surface area contributed by atoms with Crippen molar-refractivity contribution < 1.29 is 13.2 Å². The van der Waals surface area contributed by atoms with E-state index in [1.54, 1.807) is 6.20 Å². The molecule has 0 saturated carbocycles. The van der Waals surface area contributed by atoms with Crippen LogP contribution in [-0.2, 0) is 21.5 Å². The number of nitrogens with zero attached hydrogens (tertiary/aromatic N) is 3. The number of aromatic nitrogens is 2. The Morgan fingerprint density at radius 1 is 1.36 bits per heavy atom. The van der Waals surface area contributed by atoms with Crippen molar-refractivity contribution in [3.8, 4) is 0 Å². The Hall–Kier alpha value is -0.960. The minimum absolute atomic E-state index is 0.257. The van der Waals surface area contributed by atoms with Crippen LogP contribution in [0, 0.1) is 0 Å². The van der Waals surface area contributed by atoms with Gasteiger partial charge < -0.3 is 9.30 Å². The van der Waals surface area contributed by atoms with Crippen molar-refractivity contribution in [1.29, 1.82) is 0 Å². The fourth-order valence-corrected chi connectivity index (χ4v) is 4.71. The van der Waals surface area contributed by atoms with E-state index in [9.17, 15) is 8.42 Å². The first kappa shape index (κ1) is 15.9. The molecule has 3 rings (SSSR count). The Morgan fingerprint density at radius 2 is 2.14 bits per heavy atom. The van der Waals surface area contributed by atoms with Gasteiger partial charge in [-0.15, -0.1) is 0 Å². The lowest BCUT2D eigenvalue weighted by molar-refractivity contribution is -0.0119. The van der Waals surface area contributed by atoms with Gasteiger partial charge in [0.15, 0.2) is 0 Å². The summed E-state index contributed by atoms with van der Waals surface area (Å²) in [6, 6.07) is -0.257. The molecule has 0 aliphatic carbocycles. The first-order chi connectivity index (χ1) is 10.6. The average molecular weight is 328 g/mol. The standard InChI is InChI=1S/C14H24N4O3S/c1-2-17-10-7-15-14(17)13-12(6-5-11-21-13)16-22(19,20)18-8-3-4-9-18/h7,10,12-13,16H,2-6,8-9,11H2,1H3/t12-,13-/m1/s1. The fourth-order valence-electron chi connectivity index (χ4n) is 3.20. The molecule has 0 radical (unpaired) electrons. The highest BCUT2D eigenvalue weighted by atomic mass is 32.2. The molecule has 0 amide bonds. The Balaban J connectivity index is 1.78. The molecule has 7 nitrogen and oxygen atoms in total. The van der Waals surface area contributed by atoms with Crippen LogP contribution in [0.15, 0.2) is 12.4 Å². The molecule has 0 spiro atoms. The minimum Gasteiger partial charge on any atom is -0.369 e. The van der Waals surface area contributed by atoms with Gasteiger partial charge in [-0.05, 0) is 32.6 Å². The number of imidazole rings is 1. The predicted octanol–water partition coefficient (Wildman–Crippen LogP) is 1.05. The highest BCUT2D eigenvalue weighted by Crippen LogP contribution is 2.28. The third-order valence-electron chi connectivity index (χ3n) is 4.37. The molecule has 2 aliphatic heterocycles. The molecule has 1 aromatic heterocycles. The van der Waals surface area contributed by atoms with Crippen LogP contribution in [0.2, 0.25) is 0 Å². The average Bonchev–Trinajstić information content (AvgIpc) is 3.19. The maximum atomic E-state index is 12.5. The molecule has 8 heteroatoms. The normalized spacial score (nSPS) is 27.3. The second-order valence-corrected chi connectivity index (χ2v) is 7.54. The SMILES string of the molecule is CCn1ccnc1[C@@H]1OCCC[C@H]1NS(=O)(=O)N1CCCC1. The van der Waals surface area contributed by atoms with Crippen LogP contribution >= 0.6 is 0 Å². The summed E-state index contributed by atoms with van der Waals surface area (Å²) >= 11 is 0. The van der Waals surface area contributed by atoms with Gasteiger partial charge in [0.1, 0.15) is 11.9 Å². The van der Waals surface area contributed by atoms with Gasteiger partial charge in [0.2, 0.25) is 0 Å². The molecular weight excluding hydrogens is 304 g/mol. The minimum atomic E-state index is -3.44. The Labute approximate surface area is 131 Å². The summed E-state index contributed by atoms with van der Waals surface area (Å²) < 4.78 is 37.2. The second kappa shape index (κ2) is 6.66. The number of hydrogen-bond acceptors (Lipinski definition) is 4. The van der Waals surface area contributed by atoms with Gasteiger partial charge in [-0.1, -0.05) is 0 Å². The van der Waals surface area contributed by atoms with E-state index in [1.807, 2.05) is 17.7 Å². The quantitative estimate of drug-likeness (QED) is 0.877. The number of hydrogen-bond donors (Lipinski definition) is 1. The van der Waals surface area contributed by atoms with Crippen molar-refractivity contribution in [2.75, 3.05) is 19.7 Å². The second-order valence-electron chi connectivity index (χ2n) is 5.84. The van der Waals surface area contributed by atoms with Crippen molar-refractivity contribution in [3.63, 3.8) is 0 Å². The lowest BCUT2D eigenvalue weighted by atomic mass is 10.0. The Bertz CT molecular complexity index is 595. The van der Waals surface area contributed by atoms with Crippen molar-refractivity contribution >= 4 is 10.2 Å². The van der Waals surface area contributed by atoms with Crippen LogP contribution in [-0.4, -0.2) is 48.0 Å². The summed E-state index contributed by atoms with van der Waals surface area (Å²) in [5, 5.41) is 0. The molecule has 0 aromatic carbocycles. The molecule has 1 N–H and O–H groups in total. The first-order valence-electron chi connectivity index (χ1n) is 8.02. The van der Waals surface area contributed by atoms with Crippen LogP contribution in [0.25, 0.3) is 0 Å². The van der Waals surface area contributed by atoms with E-state index in [0.29, 0.717) is 19.7 Å². The molecule has 2 saturated heterocycles. The molecule has 0 unspecified atom stereocenters. The molecule has 2 atom stereocenters. The van der Waals surface area contributed by atoms with E-state index in [4.69, 9.17) is 4.74 Å². The summed E-state index contributed by atoms with van der Waals surface area (Å²) in [6.07, 6.45) is 6.82. The number of ether oxygens (including phenoxy) is 1. The van der Waals surface area contributed by atoms with E-state index >= 15 is 0 Å². The molecule has 2 fully saturated rings. The van der Waals surface area contributed by atoms with E-state index in [-0.39, 0.29) is 12.1 Å². The Kier molecular flexibility index (Phi) is 4.82. The maximum Gasteiger partial charge on any atom is 0.279 e. The zero-order valence-electron chi connectivity index (χ0n) is 12.9. The fraction of sp³-hybridized carbons (Fsp3) is 0.786. The van der Waals surface area contributed by atoms with Crippen molar-refractivity contribution in [1.82, 2.24) is 18.6 Å². The largest absolute Gasteiger partial charge is 0.369 e. The molecule has 0 bridgehead atoms. The number of rotatable bonds is 5. The number of nitrogens with one attached hydrogen (secondary N) is 1. The van der Waals surface area contributed by atoms with Crippen LogP contribution in [0.1, 0.15) is 44.5 Å². The van der Waals surface area contributed by atoms with Gasteiger partial charge in [0.05, 0.1) is 6.04 Å². The van der Waals surface area contributed by atoms with Gasteiger partial charge in [0.25, 0.3) is 10.2 Å². The molecule has 2 aliphatic rings. The van der Waals surface area contributed by atoms with Crippen LogP contribution in [0.5, 0.6) is 0 Å². The summed E-state index contributed by atoms with van der Waals surface area (Å²) in [6.45, 7) is 4.69. The highest BCUT2D eigenvalue weighted by molar-refractivity contribution is 7.87. The van der Waals surface area contributed by atoms with Gasteiger partial charge in [0, 0.05) is 38.6 Å². The molecular formula is C14H24N4O3S. The summed E-state index contributed by atoms with van der Waals surface area (Å²) in [4.78, 5) is 4.38. The molecule has 1 aromatic rings. The van der Waals surface area contributed by atoms with E-state index in [2.05, 4.69) is 9.71 Å². The lowest BCUT2D eigenvalue weighted by Gasteiger charge is -2.33. The molecule has 124 valence electrons. The summed E-state index contributed by atoms with van der Waals surface area (Å²) in [5.41, 5.74) is 0. The van der Waals surface area contributed by atoms with Crippen LogP contribution in [0.3, 0.4) is 0 Å². The molecule has 22 heavy (non-hydrogen) atoms. The zero-order chi connectivity index (χ0) is 15.6. The van der Waals surface area contributed by atoms with Gasteiger partial charge in [-0.2, -0.15) is 17.4 Å². The summed E-state index contributed by atoms with van der Waals surface area (Å²) in [5.74, 6) is 0.802. The van der Waals surface area contributed by atoms with E-state index in [1.165, 1.54) is 4.31 Å². The van der Waals surface area contributed by atoms with E-state index in [0.717, 1.165) is 38.1 Å². The maximum absolute atomic E-state index is 12.5. The summed E-state index contributed by atoms with van der Waals surface area (Å²) in [7, 11) is -3.44. The third-order valence-corrected chi connectivity index (χ3v) is 6.02. The van der Waals surface area contributed by atoms with Crippen molar-refractivity contribution in [2.24, 2.45) is 0 Å². The zero-order valence-corrected chi connectivity index (χ0v) is 13.8. The van der Waals surface area contributed by atoms with Crippen LogP contribution < -0.4 is 4.72 Å². The topological polar surface area (TPSA) is 76.5 Å². The number of aryl methyl sites for hydroxylation is 1. The van der Waals surface area contributed by atoms with Gasteiger partial charge in [-0.3, -0.25) is 0 Å². The van der Waals surface area contributed by atoms with Crippen molar-refractivity contribution in [3.05, 3.63) is 18.2 Å². The molecule has 3 heterocycles. The van der Waals surface area contributed by atoms with Crippen LogP contribution in [0.4, 0.5) is 0 Å². The van der Waals surface area contributed by atoms with Gasteiger partial charge in [-0.25, -0.2) is 4.98 Å². The van der Waals surface area contributed by atoms with E-state index < -0.39 is 10.2 Å².